The Morgan fingerprint density at radius 2 is 1.42 bits per heavy atom. The number of ether oxygens (including phenoxy) is 4. The molecule has 2 heterocycles. The minimum absolute atomic E-state index is 0.216. The van der Waals surface area contributed by atoms with Gasteiger partial charge < -0.3 is 44.5 Å². The molecular weight excluding hydrogens is 348 g/mol. The molecule has 2 saturated heterocycles. The molecule has 26 heavy (non-hydrogen) atoms. The van der Waals surface area contributed by atoms with Crippen molar-refractivity contribution in [3.63, 3.8) is 0 Å². The third-order valence-electron chi connectivity index (χ3n) is 5.36. The predicted molar refractivity (Wildman–Crippen MR) is 88.9 cm³/mol. The van der Waals surface area contributed by atoms with Gasteiger partial charge in [0.25, 0.3) is 0 Å². The number of hydrogen-bond acceptors (Lipinski definition) is 9. The quantitative estimate of drug-likeness (QED) is 0.352. The van der Waals surface area contributed by atoms with Crippen LogP contribution in [0.4, 0.5) is 0 Å². The van der Waals surface area contributed by atoms with E-state index in [9.17, 15) is 25.5 Å². The SMILES string of the molecule is C[C@@H]1OC(CO)[C@@H](O[C@@H]2OC(CO)[C@@H](O[C@@H](C)O)C(O)[C@@H]2C)C(O)[C@@H]1C. The third-order valence-corrected chi connectivity index (χ3v) is 5.36. The number of hydrogen-bond donors (Lipinski definition) is 5. The molecule has 9 heteroatoms. The lowest BCUT2D eigenvalue weighted by atomic mass is 9.88. The summed E-state index contributed by atoms with van der Waals surface area (Å²) in [5, 5.41) is 49.6. The molecule has 154 valence electrons. The third kappa shape index (κ3) is 4.54. The molecule has 0 radical (unpaired) electrons. The van der Waals surface area contributed by atoms with Crippen LogP contribution < -0.4 is 0 Å². The molecule has 0 aromatic carbocycles. The molecule has 11 atom stereocenters. The van der Waals surface area contributed by atoms with Gasteiger partial charge in [0.1, 0.15) is 24.4 Å². The minimum Gasteiger partial charge on any atom is -0.394 e. The van der Waals surface area contributed by atoms with E-state index in [0.717, 1.165) is 0 Å². The summed E-state index contributed by atoms with van der Waals surface area (Å²) in [6.07, 6.45) is -7.69. The van der Waals surface area contributed by atoms with E-state index in [2.05, 4.69) is 0 Å². The molecule has 2 aliphatic heterocycles. The van der Waals surface area contributed by atoms with Gasteiger partial charge in [-0.3, -0.25) is 0 Å². The summed E-state index contributed by atoms with van der Waals surface area (Å²) in [7, 11) is 0. The summed E-state index contributed by atoms with van der Waals surface area (Å²) < 4.78 is 22.6. The van der Waals surface area contributed by atoms with Crippen LogP contribution in [0.15, 0.2) is 0 Å². The van der Waals surface area contributed by atoms with Crippen LogP contribution in [-0.4, -0.2) is 94.1 Å². The lowest BCUT2D eigenvalue weighted by Crippen LogP contribution is -2.61. The van der Waals surface area contributed by atoms with Gasteiger partial charge in [-0.25, -0.2) is 0 Å². The Hall–Kier alpha value is -0.360. The minimum atomic E-state index is -1.13. The van der Waals surface area contributed by atoms with E-state index in [1.165, 1.54) is 6.92 Å². The zero-order valence-electron chi connectivity index (χ0n) is 15.6. The van der Waals surface area contributed by atoms with E-state index in [-0.39, 0.29) is 18.6 Å². The van der Waals surface area contributed by atoms with Crippen molar-refractivity contribution in [2.45, 2.75) is 83.0 Å². The fourth-order valence-corrected chi connectivity index (χ4v) is 3.50. The Bertz CT molecular complexity index is 430. The van der Waals surface area contributed by atoms with Gasteiger partial charge in [0.05, 0.1) is 31.5 Å². The van der Waals surface area contributed by atoms with Crippen molar-refractivity contribution in [1.82, 2.24) is 0 Å². The van der Waals surface area contributed by atoms with Gasteiger partial charge in [-0.1, -0.05) is 13.8 Å². The first kappa shape index (κ1) is 21.9. The molecule has 5 N–H and O–H groups in total. The van der Waals surface area contributed by atoms with Crippen LogP contribution in [0.3, 0.4) is 0 Å². The number of rotatable bonds is 6. The highest BCUT2D eigenvalue weighted by atomic mass is 16.7. The molecular formula is C17H32O9. The first-order valence-corrected chi connectivity index (χ1v) is 9.09. The Balaban J connectivity index is 2.12. The second-order valence-corrected chi connectivity index (χ2v) is 7.29. The highest BCUT2D eigenvalue weighted by molar-refractivity contribution is 4.93. The van der Waals surface area contributed by atoms with E-state index >= 15 is 0 Å². The maximum Gasteiger partial charge on any atom is 0.163 e. The van der Waals surface area contributed by atoms with Crippen LogP contribution in [0.5, 0.6) is 0 Å². The van der Waals surface area contributed by atoms with Gasteiger partial charge in [-0.2, -0.15) is 0 Å². The van der Waals surface area contributed by atoms with E-state index in [1.54, 1.807) is 6.92 Å². The van der Waals surface area contributed by atoms with Crippen LogP contribution >= 0.6 is 0 Å². The molecule has 9 nitrogen and oxygen atoms in total. The van der Waals surface area contributed by atoms with E-state index in [0.29, 0.717) is 0 Å². The summed E-state index contributed by atoms with van der Waals surface area (Å²) >= 11 is 0. The molecule has 4 unspecified atom stereocenters. The molecule has 2 aliphatic rings. The molecule has 0 aliphatic carbocycles. The molecule has 2 rings (SSSR count). The summed E-state index contributed by atoms with van der Waals surface area (Å²) in [6, 6.07) is 0. The van der Waals surface area contributed by atoms with Crippen molar-refractivity contribution in [2.75, 3.05) is 13.2 Å². The average molecular weight is 380 g/mol. The Morgan fingerprint density at radius 1 is 0.885 bits per heavy atom. The average Bonchev–Trinajstić information content (AvgIpc) is 2.60. The normalized spacial score (nSPS) is 48.3. The first-order chi connectivity index (χ1) is 12.2. The maximum atomic E-state index is 10.5. The van der Waals surface area contributed by atoms with Crippen LogP contribution in [0.1, 0.15) is 27.7 Å². The van der Waals surface area contributed by atoms with Gasteiger partial charge in [-0.05, 0) is 13.8 Å². The molecule has 0 saturated carbocycles. The predicted octanol–water partition coefficient (Wildman–Crippen LogP) is -1.41. The van der Waals surface area contributed by atoms with Crippen LogP contribution in [-0.2, 0) is 18.9 Å². The topological polar surface area (TPSA) is 138 Å². The van der Waals surface area contributed by atoms with E-state index in [1.807, 2.05) is 13.8 Å². The Morgan fingerprint density at radius 3 is 1.96 bits per heavy atom. The molecule has 2 fully saturated rings. The van der Waals surface area contributed by atoms with Gasteiger partial charge in [-0.15, -0.1) is 0 Å². The van der Waals surface area contributed by atoms with Crippen molar-refractivity contribution in [3.05, 3.63) is 0 Å². The first-order valence-electron chi connectivity index (χ1n) is 9.09. The zero-order valence-corrected chi connectivity index (χ0v) is 15.6. The largest absolute Gasteiger partial charge is 0.394 e. The fourth-order valence-electron chi connectivity index (χ4n) is 3.50. The van der Waals surface area contributed by atoms with Crippen LogP contribution in [0.25, 0.3) is 0 Å². The van der Waals surface area contributed by atoms with Crippen LogP contribution in [0.2, 0.25) is 0 Å². The Labute approximate surface area is 153 Å². The zero-order chi connectivity index (χ0) is 19.6. The Kier molecular flexibility index (Phi) is 7.78. The lowest BCUT2D eigenvalue weighted by Gasteiger charge is -2.47. The lowest BCUT2D eigenvalue weighted by molar-refractivity contribution is -0.338. The molecule has 0 aromatic rings. The smallest absolute Gasteiger partial charge is 0.163 e. The summed E-state index contributed by atoms with van der Waals surface area (Å²) in [5.41, 5.74) is 0. The fraction of sp³-hybridized carbons (Fsp3) is 1.00. The molecule has 0 aromatic heterocycles. The van der Waals surface area contributed by atoms with Crippen molar-refractivity contribution >= 4 is 0 Å². The molecule has 0 spiro atoms. The highest BCUT2D eigenvalue weighted by Crippen LogP contribution is 2.34. The maximum absolute atomic E-state index is 10.5. The molecule has 0 bridgehead atoms. The van der Waals surface area contributed by atoms with Gasteiger partial charge in [0, 0.05) is 11.8 Å². The molecule has 0 amide bonds. The summed E-state index contributed by atoms with van der Waals surface area (Å²) in [5.74, 6) is -0.783. The number of aliphatic hydroxyl groups excluding tert-OH is 5. The van der Waals surface area contributed by atoms with Crippen molar-refractivity contribution in [3.8, 4) is 0 Å². The van der Waals surface area contributed by atoms with Gasteiger partial charge in [0.2, 0.25) is 0 Å². The standard InChI is InChI=1S/C17H32O9/c1-7-9(3)23-11(5-18)16(13(7)21)26-17-8(2)14(22)15(24-10(4)20)12(6-19)25-17/h7-22H,5-6H2,1-4H3/t7-,8+,9+,10+,11?,12?,13?,14?,15-,16-,17+/m1/s1. The highest BCUT2D eigenvalue weighted by Gasteiger charge is 2.49. The van der Waals surface area contributed by atoms with Crippen LogP contribution in [0, 0.1) is 11.8 Å². The van der Waals surface area contributed by atoms with Crippen molar-refractivity contribution in [2.24, 2.45) is 11.8 Å². The van der Waals surface area contributed by atoms with Crippen molar-refractivity contribution in [1.29, 1.82) is 0 Å². The number of aliphatic hydroxyl groups is 5. The second kappa shape index (κ2) is 9.22. The van der Waals surface area contributed by atoms with Gasteiger partial charge >= 0.3 is 0 Å². The summed E-state index contributed by atoms with van der Waals surface area (Å²) in [4.78, 5) is 0. The second-order valence-electron chi connectivity index (χ2n) is 7.29. The van der Waals surface area contributed by atoms with E-state index < -0.39 is 61.7 Å². The summed E-state index contributed by atoms with van der Waals surface area (Å²) in [6.45, 7) is 5.94. The van der Waals surface area contributed by atoms with E-state index in [4.69, 9.17) is 18.9 Å². The van der Waals surface area contributed by atoms with Crippen molar-refractivity contribution < 1.29 is 44.5 Å². The van der Waals surface area contributed by atoms with Gasteiger partial charge in [0.15, 0.2) is 12.6 Å². The monoisotopic (exact) mass is 380 g/mol.